The van der Waals surface area contributed by atoms with Crippen molar-refractivity contribution in [1.29, 1.82) is 0 Å². The van der Waals surface area contributed by atoms with Crippen LogP contribution in [-0.2, 0) is 4.79 Å². The molecule has 1 aliphatic heterocycles. The Morgan fingerprint density at radius 2 is 2.22 bits per heavy atom. The molecule has 6 heteroatoms. The number of carboxylic acid groups (broad SMARTS) is 1. The number of benzene rings is 1. The molecule has 0 aromatic heterocycles. The SMILES string of the molecule is COc1cccc(N2C(=O)N(C)CC2C(=O)O)c1. The lowest BCUT2D eigenvalue weighted by atomic mass is 10.2. The van der Waals surface area contributed by atoms with Crippen molar-refractivity contribution in [3.63, 3.8) is 0 Å². The monoisotopic (exact) mass is 250 g/mol. The van der Waals surface area contributed by atoms with Crippen LogP contribution >= 0.6 is 0 Å². The van der Waals surface area contributed by atoms with Crippen LogP contribution in [0, 0.1) is 0 Å². The highest BCUT2D eigenvalue weighted by Gasteiger charge is 2.40. The van der Waals surface area contributed by atoms with Crippen LogP contribution in [0.4, 0.5) is 10.5 Å². The van der Waals surface area contributed by atoms with E-state index in [9.17, 15) is 9.59 Å². The molecule has 0 radical (unpaired) electrons. The van der Waals surface area contributed by atoms with Crippen LogP contribution in [0.15, 0.2) is 24.3 Å². The molecule has 1 aromatic carbocycles. The van der Waals surface area contributed by atoms with E-state index in [1.807, 2.05) is 0 Å². The fourth-order valence-electron chi connectivity index (χ4n) is 1.98. The Morgan fingerprint density at radius 1 is 1.50 bits per heavy atom. The van der Waals surface area contributed by atoms with E-state index in [2.05, 4.69) is 0 Å². The van der Waals surface area contributed by atoms with Gasteiger partial charge in [-0.3, -0.25) is 4.90 Å². The van der Waals surface area contributed by atoms with E-state index >= 15 is 0 Å². The summed E-state index contributed by atoms with van der Waals surface area (Å²) in [7, 11) is 3.10. The van der Waals surface area contributed by atoms with Gasteiger partial charge in [0.1, 0.15) is 5.75 Å². The van der Waals surface area contributed by atoms with Gasteiger partial charge in [-0.25, -0.2) is 9.59 Å². The number of likely N-dealkylation sites (N-methyl/N-ethyl adjacent to an activating group) is 1. The van der Waals surface area contributed by atoms with Crippen LogP contribution in [0.5, 0.6) is 5.75 Å². The Balaban J connectivity index is 2.39. The number of methoxy groups -OCH3 is 1. The number of carboxylic acids is 1. The molecule has 1 unspecified atom stereocenters. The molecule has 0 aliphatic carbocycles. The molecule has 1 aliphatic rings. The third-order valence-corrected chi connectivity index (χ3v) is 2.91. The number of hydrogen-bond donors (Lipinski definition) is 1. The zero-order valence-corrected chi connectivity index (χ0v) is 10.2. The molecule has 2 amide bonds. The Morgan fingerprint density at radius 3 is 2.83 bits per heavy atom. The van der Waals surface area contributed by atoms with Crippen LogP contribution in [0.1, 0.15) is 0 Å². The molecule has 1 heterocycles. The number of aliphatic carboxylic acids is 1. The second kappa shape index (κ2) is 4.56. The van der Waals surface area contributed by atoms with Gasteiger partial charge >= 0.3 is 12.0 Å². The minimum Gasteiger partial charge on any atom is -0.497 e. The average Bonchev–Trinajstić information content (AvgIpc) is 2.66. The standard InChI is InChI=1S/C12H14N2O4/c1-13-7-10(11(15)16)14(12(13)17)8-4-3-5-9(6-8)18-2/h3-6,10H,7H2,1-2H3,(H,15,16). The average molecular weight is 250 g/mol. The third kappa shape index (κ3) is 1.97. The molecule has 1 saturated heterocycles. The molecule has 1 atom stereocenters. The van der Waals surface area contributed by atoms with Crippen molar-refractivity contribution in [3.8, 4) is 5.75 Å². The summed E-state index contributed by atoms with van der Waals surface area (Å²) in [4.78, 5) is 25.8. The Hall–Kier alpha value is -2.24. The number of anilines is 1. The molecule has 2 rings (SSSR count). The maximum Gasteiger partial charge on any atom is 0.328 e. The largest absolute Gasteiger partial charge is 0.497 e. The van der Waals surface area contributed by atoms with Crippen LogP contribution in [-0.4, -0.2) is 48.8 Å². The number of carbonyl (C=O) groups is 2. The van der Waals surface area contributed by atoms with Gasteiger partial charge in [0.25, 0.3) is 0 Å². The Bertz CT molecular complexity index is 489. The van der Waals surface area contributed by atoms with Crippen molar-refractivity contribution in [2.45, 2.75) is 6.04 Å². The molecule has 1 N–H and O–H groups in total. The zero-order chi connectivity index (χ0) is 13.3. The van der Waals surface area contributed by atoms with Crippen molar-refractivity contribution in [1.82, 2.24) is 4.90 Å². The Labute approximate surface area is 104 Å². The molecule has 96 valence electrons. The van der Waals surface area contributed by atoms with Gasteiger partial charge in [0, 0.05) is 13.1 Å². The Kier molecular flexibility index (Phi) is 3.10. The van der Waals surface area contributed by atoms with Crippen molar-refractivity contribution >= 4 is 17.7 Å². The van der Waals surface area contributed by atoms with Gasteiger partial charge in [-0.2, -0.15) is 0 Å². The molecule has 0 bridgehead atoms. The quantitative estimate of drug-likeness (QED) is 0.869. The lowest BCUT2D eigenvalue weighted by Gasteiger charge is -2.20. The van der Waals surface area contributed by atoms with Gasteiger partial charge in [0.15, 0.2) is 6.04 Å². The minimum absolute atomic E-state index is 0.172. The van der Waals surface area contributed by atoms with Gasteiger partial charge in [-0.05, 0) is 12.1 Å². The van der Waals surface area contributed by atoms with E-state index in [0.29, 0.717) is 11.4 Å². The first kappa shape index (κ1) is 12.2. The highest BCUT2D eigenvalue weighted by molar-refractivity contribution is 6.01. The van der Waals surface area contributed by atoms with Gasteiger partial charge in [-0.15, -0.1) is 0 Å². The van der Waals surface area contributed by atoms with Crippen LogP contribution in [0.2, 0.25) is 0 Å². The minimum atomic E-state index is -1.02. The van der Waals surface area contributed by atoms with E-state index in [4.69, 9.17) is 9.84 Å². The molecule has 0 spiro atoms. The summed E-state index contributed by atoms with van der Waals surface area (Å²) in [5.41, 5.74) is 0.524. The van der Waals surface area contributed by atoms with E-state index in [1.54, 1.807) is 31.3 Å². The van der Waals surface area contributed by atoms with Gasteiger partial charge in [-0.1, -0.05) is 6.07 Å². The van der Waals surface area contributed by atoms with Crippen molar-refractivity contribution in [2.75, 3.05) is 25.6 Å². The van der Waals surface area contributed by atoms with Crippen LogP contribution in [0.25, 0.3) is 0 Å². The van der Waals surface area contributed by atoms with Crippen molar-refractivity contribution in [3.05, 3.63) is 24.3 Å². The highest BCUT2D eigenvalue weighted by atomic mass is 16.5. The van der Waals surface area contributed by atoms with Crippen LogP contribution < -0.4 is 9.64 Å². The number of amides is 2. The maximum absolute atomic E-state index is 12.0. The van der Waals surface area contributed by atoms with Gasteiger partial charge < -0.3 is 14.7 Å². The fourth-order valence-corrected chi connectivity index (χ4v) is 1.98. The highest BCUT2D eigenvalue weighted by Crippen LogP contribution is 2.27. The summed E-state index contributed by atoms with van der Waals surface area (Å²) >= 11 is 0. The lowest BCUT2D eigenvalue weighted by Crippen LogP contribution is -2.39. The molecular formula is C12H14N2O4. The summed E-state index contributed by atoms with van der Waals surface area (Å²) in [5, 5.41) is 9.16. The van der Waals surface area contributed by atoms with Crippen molar-refractivity contribution < 1.29 is 19.4 Å². The third-order valence-electron chi connectivity index (χ3n) is 2.91. The molecule has 0 saturated carbocycles. The predicted octanol–water partition coefficient (Wildman–Crippen LogP) is 1.02. The smallest absolute Gasteiger partial charge is 0.328 e. The van der Waals surface area contributed by atoms with E-state index in [1.165, 1.54) is 16.9 Å². The van der Waals surface area contributed by atoms with E-state index in [-0.39, 0.29) is 12.6 Å². The normalized spacial score (nSPS) is 19.2. The van der Waals surface area contributed by atoms with Crippen LogP contribution in [0.3, 0.4) is 0 Å². The number of hydrogen-bond acceptors (Lipinski definition) is 3. The van der Waals surface area contributed by atoms with Crippen molar-refractivity contribution in [2.24, 2.45) is 0 Å². The first-order valence-electron chi connectivity index (χ1n) is 5.45. The second-order valence-corrected chi connectivity index (χ2v) is 4.09. The van der Waals surface area contributed by atoms with Gasteiger partial charge in [0.05, 0.1) is 19.3 Å². The maximum atomic E-state index is 12.0. The summed E-state index contributed by atoms with van der Waals surface area (Å²) in [6.45, 7) is 0.172. The first-order valence-corrected chi connectivity index (χ1v) is 5.45. The van der Waals surface area contributed by atoms with E-state index < -0.39 is 12.0 Å². The van der Waals surface area contributed by atoms with E-state index in [0.717, 1.165) is 0 Å². The summed E-state index contributed by atoms with van der Waals surface area (Å²) < 4.78 is 5.07. The lowest BCUT2D eigenvalue weighted by molar-refractivity contribution is -0.138. The fraction of sp³-hybridized carbons (Fsp3) is 0.333. The number of ether oxygens (including phenoxy) is 1. The molecule has 1 fully saturated rings. The van der Waals surface area contributed by atoms with Gasteiger partial charge in [0.2, 0.25) is 0 Å². The molecule has 6 nitrogen and oxygen atoms in total. The molecule has 18 heavy (non-hydrogen) atoms. The summed E-state index contributed by atoms with van der Waals surface area (Å²) in [5.74, 6) is -0.436. The molecule has 1 aromatic rings. The number of rotatable bonds is 3. The number of carbonyl (C=O) groups excluding carboxylic acids is 1. The summed E-state index contributed by atoms with van der Waals surface area (Å²) in [6.07, 6.45) is 0. The topological polar surface area (TPSA) is 70.1 Å². The first-order chi connectivity index (χ1) is 8.54. The molecular weight excluding hydrogens is 236 g/mol. The number of urea groups is 1. The predicted molar refractivity (Wildman–Crippen MR) is 64.9 cm³/mol. The second-order valence-electron chi connectivity index (χ2n) is 4.09. The zero-order valence-electron chi connectivity index (χ0n) is 10.2. The summed E-state index contributed by atoms with van der Waals surface area (Å²) in [6, 6.07) is 5.61. The number of nitrogens with zero attached hydrogens (tertiary/aromatic N) is 2.